The molecule has 25 heavy (non-hydrogen) atoms. The molecule has 0 spiro atoms. The molecule has 1 aliphatic heterocycles. The summed E-state index contributed by atoms with van der Waals surface area (Å²) < 4.78 is 18.8. The molecule has 1 amide bonds. The van der Waals surface area contributed by atoms with E-state index in [1.807, 2.05) is 4.90 Å². The Labute approximate surface area is 145 Å². The quantitative estimate of drug-likeness (QED) is 0.846. The zero-order valence-electron chi connectivity index (χ0n) is 14.4. The predicted octanol–water partition coefficient (Wildman–Crippen LogP) is 3.09. The highest BCUT2D eigenvalue weighted by Gasteiger charge is 2.28. The van der Waals surface area contributed by atoms with Crippen LogP contribution in [0.5, 0.6) is 0 Å². The van der Waals surface area contributed by atoms with E-state index in [2.05, 4.69) is 4.98 Å². The number of benzene rings is 1. The SMILES string of the molecule is COCCC[C@@H]1CCCCN1C(=O)c1cc(=O)[nH]c2ccc(F)cc12. The summed E-state index contributed by atoms with van der Waals surface area (Å²) >= 11 is 0. The van der Waals surface area contributed by atoms with Gasteiger partial charge in [-0.2, -0.15) is 0 Å². The molecule has 1 fully saturated rings. The second-order valence-electron chi connectivity index (χ2n) is 6.52. The van der Waals surface area contributed by atoms with Crippen molar-refractivity contribution in [3.8, 4) is 0 Å². The van der Waals surface area contributed by atoms with Gasteiger partial charge in [-0.05, 0) is 50.3 Å². The molecule has 5 nitrogen and oxygen atoms in total. The molecule has 0 saturated carbocycles. The lowest BCUT2D eigenvalue weighted by Gasteiger charge is -2.36. The summed E-state index contributed by atoms with van der Waals surface area (Å²) in [7, 11) is 1.67. The zero-order chi connectivity index (χ0) is 17.8. The number of hydrogen-bond acceptors (Lipinski definition) is 3. The number of H-pyrrole nitrogens is 1. The van der Waals surface area contributed by atoms with Crippen LogP contribution in [0.3, 0.4) is 0 Å². The summed E-state index contributed by atoms with van der Waals surface area (Å²) in [5.74, 6) is -0.618. The second kappa shape index (κ2) is 7.78. The second-order valence-corrected chi connectivity index (χ2v) is 6.52. The monoisotopic (exact) mass is 346 g/mol. The van der Waals surface area contributed by atoms with Crippen LogP contribution in [-0.4, -0.2) is 42.1 Å². The van der Waals surface area contributed by atoms with E-state index in [9.17, 15) is 14.0 Å². The van der Waals surface area contributed by atoms with Crippen LogP contribution in [0.1, 0.15) is 42.5 Å². The van der Waals surface area contributed by atoms with Crippen molar-refractivity contribution in [3.63, 3.8) is 0 Å². The first-order valence-electron chi connectivity index (χ1n) is 8.72. The average molecular weight is 346 g/mol. The normalized spacial score (nSPS) is 17.8. The standard InChI is InChI=1S/C19H23FN2O3/c1-25-10-4-6-14-5-2-3-9-22(14)19(24)16-12-18(23)21-17-8-7-13(20)11-15(16)17/h7-8,11-12,14H,2-6,9-10H2,1H3,(H,21,23)/t14-/m0/s1. The number of pyridine rings is 1. The van der Waals surface area contributed by atoms with Gasteiger partial charge in [0, 0.05) is 43.3 Å². The smallest absolute Gasteiger partial charge is 0.254 e. The van der Waals surface area contributed by atoms with E-state index >= 15 is 0 Å². The number of carbonyl (C=O) groups excluding carboxylic acids is 1. The Morgan fingerprint density at radius 2 is 2.20 bits per heavy atom. The Bertz CT molecular complexity index is 818. The number of nitrogens with zero attached hydrogens (tertiary/aromatic N) is 1. The molecule has 2 aromatic rings. The lowest BCUT2D eigenvalue weighted by atomic mass is 9.96. The van der Waals surface area contributed by atoms with Gasteiger partial charge in [0.25, 0.3) is 5.91 Å². The summed E-state index contributed by atoms with van der Waals surface area (Å²) in [5.41, 5.74) is 0.400. The number of nitrogens with one attached hydrogen (secondary N) is 1. The zero-order valence-corrected chi connectivity index (χ0v) is 14.4. The molecule has 1 N–H and O–H groups in total. The Morgan fingerprint density at radius 3 is 3.00 bits per heavy atom. The first kappa shape index (κ1) is 17.6. The largest absolute Gasteiger partial charge is 0.385 e. The molecular formula is C19H23FN2O3. The third-order valence-corrected chi connectivity index (χ3v) is 4.81. The Balaban J connectivity index is 1.94. The van der Waals surface area contributed by atoms with Crippen molar-refractivity contribution in [1.29, 1.82) is 0 Å². The molecule has 1 saturated heterocycles. The number of aromatic nitrogens is 1. The molecule has 1 aromatic carbocycles. The van der Waals surface area contributed by atoms with Crippen LogP contribution in [0, 0.1) is 5.82 Å². The van der Waals surface area contributed by atoms with Crippen LogP contribution in [0.15, 0.2) is 29.1 Å². The van der Waals surface area contributed by atoms with Crippen molar-refractivity contribution in [2.45, 2.75) is 38.1 Å². The minimum atomic E-state index is -0.427. The molecular weight excluding hydrogens is 323 g/mol. The molecule has 1 atom stereocenters. The van der Waals surface area contributed by atoms with Crippen LogP contribution >= 0.6 is 0 Å². The predicted molar refractivity (Wildman–Crippen MR) is 94.3 cm³/mol. The molecule has 134 valence electrons. The fourth-order valence-corrected chi connectivity index (χ4v) is 3.59. The van der Waals surface area contributed by atoms with E-state index in [1.165, 1.54) is 24.3 Å². The highest BCUT2D eigenvalue weighted by Crippen LogP contribution is 2.25. The summed E-state index contributed by atoms with van der Waals surface area (Å²) in [6.07, 6.45) is 4.74. The first-order chi connectivity index (χ1) is 12.1. The number of likely N-dealkylation sites (tertiary alicyclic amines) is 1. The van der Waals surface area contributed by atoms with Crippen molar-refractivity contribution in [3.05, 3.63) is 46.0 Å². The van der Waals surface area contributed by atoms with Crippen molar-refractivity contribution < 1.29 is 13.9 Å². The molecule has 0 aliphatic carbocycles. The maximum absolute atomic E-state index is 13.7. The van der Waals surface area contributed by atoms with Gasteiger partial charge in [0.05, 0.1) is 5.56 Å². The number of amides is 1. The number of fused-ring (bicyclic) bond motifs is 1. The third kappa shape index (κ3) is 3.90. The van der Waals surface area contributed by atoms with Gasteiger partial charge in [-0.1, -0.05) is 0 Å². The van der Waals surface area contributed by atoms with E-state index in [-0.39, 0.29) is 23.1 Å². The number of rotatable bonds is 5. The van der Waals surface area contributed by atoms with Gasteiger partial charge in [0.15, 0.2) is 0 Å². The fraction of sp³-hybridized carbons (Fsp3) is 0.474. The number of carbonyl (C=O) groups is 1. The molecule has 0 bridgehead atoms. The Morgan fingerprint density at radius 1 is 1.36 bits per heavy atom. The number of aromatic amines is 1. The van der Waals surface area contributed by atoms with E-state index in [0.717, 1.165) is 32.1 Å². The number of piperidine rings is 1. The molecule has 6 heteroatoms. The maximum atomic E-state index is 13.7. The topological polar surface area (TPSA) is 62.4 Å². The van der Waals surface area contributed by atoms with E-state index < -0.39 is 5.82 Å². The van der Waals surface area contributed by atoms with Crippen LogP contribution < -0.4 is 5.56 Å². The van der Waals surface area contributed by atoms with E-state index in [0.29, 0.717) is 24.1 Å². The Hall–Kier alpha value is -2.21. The summed E-state index contributed by atoms with van der Waals surface area (Å²) in [5, 5.41) is 0.450. The first-order valence-corrected chi connectivity index (χ1v) is 8.72. The third-order valence-electron chi connectivity index (χ3n) is 4.81. The summed E-state index contributed by atoms with van der Waals surface area (Å²) in [6, 6.07) is 5.50. The van der Waals surface area contributed by atoms with Crippen LogP contribution in [0.4, 0.5) is 4.39 Å². The van der Waals surface area contributed by atoms with Gasteiger partial charge in [0.2, 0.25) is 5.56 Å². The van der Waals surface area contributed by atoms with Crippen molar-refractivity contribution in [2.75, 3.05) is 20.3 Å². The van der Waals surface area contributed by atoms with Gasteiger partial charge >= 0.3 is 0 Å². The van der Waals surface area contributed by atoms with Crippen LogP contribution in [-0.2, 0) is 4.74 Å². The molecule has 3 rings (SSSR count). The van der Waals surface area contributed by atoms with Crippen LogP contribution in [0.25, 0.3) is 10.9 Å². The number of ether oxygens (including phenoxy) is 1. The van der Waals surface area contributed by atoms with Crippen molar-refractivity contribution in [2.24, 2.45) is 0 Å². The minimum Gasteiger partial charge on any atom is -0.385 e. The van der Waals surface area contributed by atoms with Gasteiger partial charge in [-0.25, -0.2) is 4.39 Å². The summed E-state index contributed by atoms with van der Waals surface area (Å²) in [6.45, 7) is 1.33. The van der Waals surface area contributed by atoms with Gasteiger partial charge < -0.3 is 14.6 Å². The average Bonchev–Trinajstić information content (AvgIpc) is 2.61. The van der Waals surface area contributed by atoms with Crippen molar-refractivity contribution in [1.82, 2.24) is 9.88 Å². The van der Waals surface area contributed by atoms with Gasteiger partial charge in [0.1, 0.15) is 5.82 Å². The van der Waals surface area contributed by atoms with Crippen LogP contribution in [0.2, 0.25) is 0 Å². The molecule has 2 heterocycles. The van der Waals surface area contributed by atoms with E-state index in [1.54, 1.807) is 7.11 Å². The highest BCUT2D eigenvalue weighted by molar-refractivity contribution is 6.06. The fourth-order valence-electron chi connectivity index (χ4n) is 3.59. The van der Waals surface area contributed by atoms with E-state index in [4.69, 9.17) is 4.74 Å². The van der Waals surface area contributed by atoms with Gasteiger partial charge in [-0.3, -0.25) is 9.59 Å². The summed E-state index contributed by atoms with van der Waals surface area (Å²) in [4.78, 5) is 29.6. The molecule has 1 aromatic heterocycles. The minimum absolute atomic E-state index is 0.138. The number of methoxy groups -OCH3 is 1. The molecule has 0 radical (unpaired) electrons. The van der Waals surface area contributed by atoms with Crippen molar-refractivity contribution >= 4 is 16.8 Å². The lowest BCUT2D eigenvalue weighted by molar-refractivity contribution is 0.0587. The molecule has 0 unspecified atom stereocenters. The Kier molecular flexibility index (Phi) is 5.48. The number of hydrogen-bond donors (Lipinski definition) is 1. The molecule has 1 aliphatic rings. The maximum Gasteiger partial charge on any atom is 0.254 e. The highest BCUT2D eigenvalue weighted by atomic mass is 19.1. The van der Waals surface area contributed by atoms with Gasteiger partial charge in [-0.15, -0.1) is 0 Å². The lowest BCUT2D eigenvalue weighted by Crippen LogP contribution is -2.44. The number of halogens is 1.